The number of hydrogen-bond donors (Lipinski definition) is 2. The second-order valence-corrected chi connectivity index (χ2v) is 3.65. The lowest BCUT2D eigenvalue weighted by Gasteiger charge is -2.06. The highest BCUT2D eigenvalue weighted by molar-refractivity contribution is 5.58. The van der Waals surface area contributed by atoms with Gasteiger partial charge in [-0.15, -0.1) is 0 Å². The van der Waals surface area contributed by atoms with Gasteiger partial charge in [-0.3, -0.25) is 0 Å². The third kappa shape index (κ3) is 2.31. The molecule has 2 aromatic rings. The molecule has 0 aliphatic rings. The van der Waals surface area contributed by atoms with Gasteiger partial charge < -0.3 is 15.6 Å². The zero-order valence-corrected chi connectivity index (χ0v) is 9.32. The largest absolute Gasteiger partial charge is 0.398 e. The van der Waals surface area contributed by atoms with Crippen LogP contribution >= 0.6 is 0 Å². The van der Waals surface area contributed by atoms with E-state index in [4.69, 9.17) is 10.3 Å². The lowest BCUT2D eigenvalue weighted by Crippen LogP contribution is -2.02. The van der Waals surface area contributed by atoms with E-state index in [1.54, 1.807) is 6.92 Å². The van der Waals surface area contributed by atoms with Gasteiger partial charge in [0.15, 0.2) is 5.82 Å². The molecule has 0 amide bonds. The molecule has 2 rings (SSSR count). The van der Waals surface area contributed by atoms with E-state index >= 15 is 0 Å². The Hall–Kier alpha value is -2.04. The topological polar surface area (TPSA) is 77.0 Å². The molecule has 0 bridgehead atoms. The molecule has 1 aromatic carbocycles. The second-order valence-electron chi connectivity index (χ2n) is 3.65. The summed E-state index contributed by atoms with van der Waals surface area (Å²) in [5, 5.41) is 6.97. The molecular formula is C11H14N4O. The van der Waals surface area contributed by atoms with Crippen molar-refractivity contribution in [2.45, 2.75) is 20.4 Å². The molecule has 16 heavy (non-hydrogen) atoms. The van der Waals surface area contributed by atoms with Gasteiger partial charge in [0, 0.05) is 18.3 Å². The molecule has 0 atom stereocenters. The fourth-order valence-corrected chi connectivity index (χ4v) is 1.34. The SMILES string of the molecule is Cc1nc(CNc2ccc(C)c(N)c2)no1. The number of aryl methyl sites for hydroxylation is 2. The first-order valence-electron chi connectivity index (χ1n) is 5.04. The van der Waals surface area contributed by atoms with E-state index in [0.717, 1.165) is 16.9 Å². The fraction of sp³-hybridized carbons (Fsp3) is 0.273. The molecule has 0 aliphatic heterocycles. The minimum absolute atomic E-state index is 0.528. The van der Waals surface area contributed by atoms with Crippen LogP contribution in [-0.2, 0) is 6.54 Å². The van der Waals surface area contributed by atoms with Crippen molar-refractivity contribution in [2.75, 3.05) is 11.1 Å². The first-order valence-corrected chi connectivity index (χ1v) is 5.04. The number of nitrogens with zero attached hydrogens (tertiary/aromatic N) is 2. The van der Waals surface area contributed by atoms with Crippen LogP contribution in [0.2, 0.25) is 0 Å². The summed E-state index contributed by atoms with van der Waals surface area (Å²) < 4.78 is 4.87. The van der Waals surface area contributed by atoms with Crippen LogP contribution in [0.1, 0.15) is 17.3 Å². The number of aromatic nitrogens is 2. The van der Waals surface area contributed by atoms with E-state index in [1.807, 2.05) is 25.1 Å². The Labute approximate surface area is 93.7 Å². The molecule has 0 saturated heterocycles. The van der Waals surface area contributed by atoms with Crippen LogP contribution < -0.4 is 11.1 Å². The van der Waals surface area contributed by atoms with Crippen molar-refractivity contribution in [1.82, 2.24) is 10.1 Å². The van der Waals surface area contributed by atoms with Crippen LogP contribution in [0.5, 0.6) is 0 Å². The van der Waals surface area contributed by atoms with Crippen LogP contribution in [0.4, 0.5) is 11.4 Å². The Morgan fingerprint density at radius 3 is 2.81 bits per heavy atom. The van der Waals surface area contributed by atoms with Gasteiger partial charge in [-0.1, -0.05) is 11.2 Å². The summed E-state index contributed by atoms with van der Waals surface area (Å²) in [5.41, 5.74) is 8.60. The van der Waals surface area contributed by atoms with Gasteiger partial charge in [0.25, 0.3) is 0 Å². The number of nitrogen functional groups attached to an aromatic ring is 1. The molecule has 0 aliphatic carbocycles. The number of rotatable bonds is 3. The van der Waals surface area contributed by atoms with Gasteiger partial charge in [0.1, 0.15) is 0 Å². The predicted octanol–water partition coefficient (Wildman–Crippen LogP) is 1.88. The van der Waals surface area contributed by atoms with E-state index in [-0.39, 0.29) is 0 Å². The van der Waals surface area contributed by atoms with Crippen molar-refractivity contribution in [3.63, 3.8) is 0 Å². The van der Waals surface area contributed by atoms with Crippen LogP contribution in [0.3, 0.4) is 0 Å². The molecule has 1 heterocycles. The number of nitrogens with two attached hydrogens (primary N) is 1. The van der Waals surface area contributed by atoms with Crippen molar-refractivity contribution in [2.24, 2.45) is 0 Å². The Balaban J connectivity index is 2.02. The molecule has 84 valence electrons. The zero-order valence-electron chi connectivity index (χ0n) is 9.32. The average molecular weight is 218 g/mol. The molecule has 0 radical (unpaired) electrons. The molecular weight excluding hydrogens is 204 g/mol. The first kappa shape index (κ1) is 10.5. The lowest BCUT2D eigenvalue weighted by molar-refractivity contribution is 0.388. The molecule has 5 heteroatoms. The summed E-state index contributed by atoms with van der Waals surface area (Å²) in [6.07, 6.45) is 0. The molecule has 0 fully saturated rings. The van der Waals surface area contributed by atoms with Crippen LogP contribution in [-0.4, -0.2) is 10.1 Å². The predicted molar refractivity (Wildman–Crippen MR) is 62.0 cm³/mol. The number of benzene rings is 1. The summed E-state index contributed by atoms with van der Waals surface area (Å²) in [6.45, 7) is 4.27. The van der Waals surface area contributed by atoms with Crippen molar-refractivity contribution in [1.29, 1.82) is 0 Å². The monoisotopic (exact) mass is 218 g/mol. The number of nitrogens with one attached hydrogen (secondary N) is 1. The fourth-order valence-electron chi connectivity index (χ4n) is 1.34. The normalized spacial score (nSPS) is 10.4. The zero-order chi connectivity index (χ0) is 11.5. The third-order valence-electron chi connectivity index (χ3n) is 2.30. The van der Waals surface area contributed by atoms with Gasteiger partial charge in [-0.25, -0.2) is 0 Å². The summed E-state index contributed by atoms with van der Waals surface area (Å²) >= 11 is 0. The Morgan fingerprint density at radius 1 is 1.38 bits per heavy atom. The smallest absolute Gasteiger partial charge is 0.223 e. The molecule has 5 nitrogen and oxygen atoms in total. The Morgan fingerprint density at radius 2 is 2.19 bits per heavy atom. The van der Waals surface area contributed by atoms with Gasteiger partial charge in [-0.05, 0) is 24.6 Å². The molecule has 0 spiro atoms. The first-order chi connectivity index (χ1) is 7.65. The lowest BCUT2D eigenvalue weighted by atomic mass is 10.2. The quantitative estimate of drug-likeness (QED) is 0.769. The van der Waals surface area contributed by atoms with Crippen molar-refractivity contribution in [3.8, 4) is 0 Å². The highest BCUT2D eigenvalue weighted by Gasteiger charge is 2.02. The van der Waals surface area contributed by atoms with Gasteiger partial charge >= 0.3 is 0 Å². The van der Waals surface area contributed by atoms with Crippen LogP contribution in [0, 0.1) is 13.8 Å². The maximum Gasteiger partial charge on any atom is 0.223 e. The molecule has 0 unspecified atom stereocenters. The summed E-state index contributed by atoms with van der Waals surface area (Å²) in [4.78, 5) is 4.09. The molecule has 1 aromatic heterocycles. The Kier molecular flexibility index (Phi) is 2.76. The van der Waals surface area contributed by atoms with Gasteiger partial charge in [0.05, 0.1) is 6.54 Å². The van der Waals surface area contributed by atoms with E-state index in [1.165, 1.54) is 0 Å². The van der Waals surface area contributed by atoms with E-state index < -0.39 is 0 Å². The minimum Gasteiger partial charge on any atom is -0.398 e. The van der Waals surface area contributed by atoms with Crippen molar-refractivity contribution >= 4 is 11.4 Å². The van der Waals surface area contributed by atoms with E-state index in [9.17, 15) is 0 Å². The standard InChI is InChI=1S/C11H14N4O/c1-7-3-4-9(5-10(7)12)13-6-11-14-8(2)16-15-11/h3-5,13H,6,12H2,1-2H3. The summed E-state index contributed by atoms with van der Waals surface area (Å²) in [7, 11) is 0. The highest BCUT2D eigenvalue weighted by Crippen LogP contribution is 2.17. The highest BCUT2D eigenvalue weighted by atomic mass is 16.5. The van der Waals surface area contributed by atoms with E-state index in [2.05, 4.69) is 15.5 Å². The maximum absolute atomic E-state index is 5.80. The molecule has 3 N–H and O–H groups in total. The molecule has 0 saturated carbocycles. The van der Waals surface area contributed by atoms with Crippen molar-refractivity contribution < 1.29 is 4.52 Å². The summed E-state index contributed by atoms with van der Waals surface area (Å²) in [5.74, 6) is 1.21. The maximum atomic E-state index is 5.80. The third-order valence-corrected chi connectivity index (χ3v) is 2.30. The minimum atomic E-state index is 0.528. The van der Waals surface area contributed by atoms with Gasteiger partial charge in [0.2, 0.25) is 5.89 Å². The van der Waals surface area contributed by atoms with E-state index in [0.29, 0.717) is 18.3 Å². The number of hydrogen-bond acceptors (Lipinski definition) is 5. The summed E-state index contributed by atoms with van der Waals surface area (Å²) in [6, 6.07) is 5.83. The van der Waals surface area contributed by atoms with Gasteiger partial charge in [-0.2, -0.15) is 4.98 Å². The second kappa shape index (κ2) is 4.22. The van der Waals surface area contributed by atoms with Crippen LogP contribution in [0.15, 0.2) is 22.7 Å². The number of anilines is 2. The van der Waals surface area contributed by atoms with Crippen molar-refractivity contribution in [3.05, 3.63) is 35.5 Å². The van der Waals surface area contributed by atoms with Crippen LogP contribution in [0.25, 0.3) is 0 Å². The Bertz CT molecular complexity index is 492. The average Bonchev–Trinajstić information content (AvgIpc) is 2.66.